The first kappa shape index (κ1) is 21.5. The molecule has 0 radical (unpaired) electrons. The Morgan fingerprint density at radius 2 is 2.06 bits per heavy atom. The summed E-state index contributed by atoms with van der Waals surface area (Å²) in [7, 11) is 0. The Morgan fingerprint density at radius 3 is 2.65 bits per heavy atom. The topological polar surface area (TPSA) is 82.9 Å². The predicted molar refractivity (Wildman–Crippen MR) is 123 cm³/mol. The predicted octanol–water partition coefficient (Wildman–Crippen LogP) is 3.28. The number of hydrogen-bond acceptors (Lipinski definition) is 7. The maximum absolute atomic E-state index is 10.9. The molecule has 0 aliphatic carbocycles. The number of aryl methyl sites for hydroxylation is 1. The van der Waals surface area contributed by atoms with Gasteiger partial charge in [-0.25, -0.2) is 4.98 Å². The molecule has 31 heavy (non-hydrogen) atoms. The molecule has 2 atom stereocenters. The quantitative estimate of drug-likeness (QED) is 0.771. The minimum Gasteiger partial charge on any atom is -0.386 e. The number of nitrogens with zero attached hydrogens (tertiary/aromatic N) is 4. The van der Waals surface area contributed by atoms with Crippen LogP contribution in [0, 0.1) is 6.92 Å². The number of aliphatic hydroxyl groups is 1. The van der Waals surface area contributed by atoms with Crippen molar-refractivity contribution in [2.45, 2.75) is 57.8 Å². The van der Waals surface area contributed by atoms with Crippen molar-refractivity contribution in [1.29, 1.82) is 0 Å². The van der Waals surface area contributed by atoms with Crippen molar-refractivity contribution in [3.8, 4) is 0 Å². The van der Waals surface area contributed by atoms with E-state index < -0.39 is 11.2 Å². The van der Waals surface area contributed by atoms with Crippen LogP contribution in [0.5, 0.6) is 0 Å². The van der Waals surface area contributed by atoms with Gasteiger partial charge in [-0.2, -0.15) is 0 Å². The van der Waals surface area contributed by atoms with E-state index in [0.717, 1.165) is 54.3 Å². The molecule has 0 bridgehead atoms. The summed E-state index contributed by atoms with van der Waals surface area (Å²) < 4.78 is 0. The van der Waals surface area contributed by atoms with Crippen LogP contribution in [0.2, 0.25) is 0 Å². The minimum atomic E-state index is -1.21. The molecule has 0 saturated carbocycles. The average molecular weight is 422 g/mol. The number of oxime groups is 1. The molecule has 0 aromatic carbocycles. The number of hydrogen-bond donors (Lipinski definition) is 2. The van der Waals surface area contributed by atoms with Crippen molar-refractivity contribution in [3.63, 3.8) is 0 Å². The Kier molecular flexibility index (Phi) is 5.58. The highest BCUT2D eigenvalue weighted by Gasteiger charge is 2.51. The van der Waals surface area contributed by atoms with E-state index in [-0.39, 0.29) is 6.04 Å². The third kappa shape index (κ3) is 3.83. The summed E-state index contributed by atoms with van der Waals surface area (Å²) in [6, 6.07) is 8.10. The minimum absolute atomic E-state index is 0.255. The molecule has 2 aromatic rings. The normalized spacial score (nSPS) is 24.9. The van der Waals surface area contributed by atoms with Gasteiger partial charge >= 0.3 is 0 Å². The van der Waals surface area contributed by atoms with Gasteiger partial charge in [-0.05, 0) is 70.8 Å². The Hall–Kier alpha value is -2.77. The summed E-state index contributed by atoms with van der Waals surface area (Å²) in [5.41, 5.74) is 1.87. The smallest absolute Gasteiger partial charge is 0.166 e. The lowest BCUT2D eigenvalue weighted by molar-refractivity contribution is -0.0936. The molecule has 4 rings (SSSR count). The van der Waals surface area contributed by atoms with Crippen LogP contribution in [0.3, 0.4) is 0 Å². The molecular formula is C24H31N5O2. The van der Waals surface area contributed by atoms with Crippen LogP contribution < -0.4 is 10.2 Å². The highest BCUT2D eigenvalue weighted by atomic mass is 16.7. The van der Waals surface area contributed by atoms with Gasteiger partial charge in [0.2, 0.25) is 0 Å². The molecule has 0 unspecified atom stereocenters. The molecule has 2 aliphatic rings. The zero-order valence-electron chi connectivity index (χ0n) is 18.7. The van der Waals surface area contributed by atoms with Crippen molar-refractivity contribution >= 4 is 17.2 Å². The van der Waals surface area contributed by atoms with E-state index in [2.05, 4.69) is 44.9 Å². The first-order valence-corrected chi connectivity index (χ1v) is 10.8. The average Bonchev–Trinajstić information content (AvgIpc) is 2.97. The maximum atomic E-state index is 10.9. The maximum Gasteiger partial charge on any atom is 0.166 e. The fourth-order valence-corrected chi connectivity index (χ4v) is 4.09. The van der Waals surface area contributed by atoms with E-state index in [0.29, 0.717) is 5.71 Å². The van der Waals surface area contributed by atoms with Crippen LogP contribution in [-0.2, 0) is 4.84 Å². The van der Waals surface area contributed by atoms with Crippen molar-refractivity contribution in [2.24, 2.45) is 5.16 Å². The molecule has 2 aliphatic heterocycles. The van der Waals surface area contributed by atoms with Crippen LogP contribution in [-0.4, -0.2) is 51.1 Å². The zero-order valence-corrected chi connectivity index (χ0v) is 18.7. The van der Waals surface area contributed by atoms with Crippen LogP contribution in [0.1, 0.15) is 50.4 Å². The first-order valence-electron chi connectivity index (χ1n) is 10.8. The molecule has 7 nitrogen and oxygen atoms in total. The van der Waals surface area contributed by atoms with Gasteiger partial charge in [-0.3, -0.25) is 4.98 Å². The molecule has 7 heteroatoms. The molecule has 164 valence electrons. The fraction of sp³-hybridized carbons (Fsp3) is 0.458. The number of pyridine rings is 2. The van der Waals surface area contributed by atoms with Gasteiger partial charge in [-0.15, -0.1) is 0 Å². The summed E-state index contributed by atoms with van der Waals surface area (Å²) in [6.45, 7) is 13.7. The molecule has 0 amide bonds. The second-order valence-corrected chi connectivity index (χ2v) is 9.01. The van der Waals surface area contributed by atoms with Crippen molar-refractivity contribution in [1.82, 2.24) is 15.3 Å². The number of anilines is 1. The lowest BCUT2D eigenvalue weighted by atomic mass is 9.82. The highest BCUT2D eigenvalue weighted by molar-refractivity contribution is 6.07. The monoisotopic (exact) mass is 421 g/mol. The van der Waals surface area contributed by atoms with Gasteiger partial charge in [0.1, 0.15) is 17.1 Å². The Balaban J connectivity index is 1.64. The van der Waals surface area contributed by atoms with E-state index in [4.69, 9.17) is 4.84 Å². The van der Waals surface area contributed by atoms with E-state index >= 15 is 0 Å². The van der Waals surface area contributed by atoms with Crippen LogP contribution >= 0.6 is 0 Å². The van der Waals surface area contributed by atoms with Gasteiger partial charge in [0.05, 0.1) is 11.4 Å². The van der Waals surface area contributed by atoms with E-state index in [9.17, 15) is 5.11 Å². The molecule has 2 N–H and O–H groups in total. The van der Waals surface area contributed by atoms with Crippen molar-refractivity contribution in [2.75, 3.05) is 18.0 Å². The van der Waals surface area contributed by atoms with Gasteiger partial charge in [0, 0.05) is 30.5 Å². The highest BCUT2D eigenvalue weighted by Crippen LogP contribution is 2.36. The summed E-state index contributed by atoms with van der Waals surface area (Å²) in [5, 5.41) is 18.5. The molecule has 1 fully saturated rings. The van der Waals surface area contributed by atoms with Gasteiger partial charge in [0.25, 0.3) is 0 Å². The van der Waals surface area contributed by atoms with E-state index in [1.54, 1.807) is 13.1 Å². The summed E-state index contributed by atoms with van der Waals surface area (Å²) >= 11 is 0. The second-order valence-electron chi connectivity index (χ2n) is 9.01. The first-order chi connectivity index (χ1) is 14.7. The lowest BCUT2D eigenvalue weighted by Crippen LogP contribution is -2.50. The number of nitrogens with one attached hydrogen (secondary N) is 1. The second kappa shape index (κ2) is 8.05. The summed E-state index contributed by atoms with van der Waals surface area (Å²) in [4.78, 5) is 17.0. The fourth-order valence-electron chi connectivity index (χ4n) is 4.09. The Labute approximate surface area is 183 Å². The summed E-state index contributed by atoms with van der Waals surface area (Å²) in [5.74, 6) is 0.908. The van der Waals surface area contributed by atoms with Gasteiger partial charge in [0.15, 0.2) is 5.60 Å². The number of piperidine rings is 1. The third-order valence-corrected chi connectivity index (χ3v) is 6.47. The number of rotatable bonds is 5. The van der Waals surface area contributed by atoms with E-state index in [1.165, 1.54) is 0 Å². The standard InChI is InChI=1S/C24H31N5O2/c1-16-8-6-13-26-22(16)29(19-9-7-12-25-15-19)17(2)20-11-10-18(14-27-20)21-24(5,30)23(3,4)31-28-21/h6,8,10-11,13-14,19,25,30H,2,7,9,12,15H2,1,3-5H3/t19-,24+/m1/s1. The molecule has 1 saturated heterocycles. The van der Waals surface area contributed by atoms with Gasteiger partial charge < -0.3 is 20.2 Å². The largest absolute Gasteiger partial charge is 0.386 e. The van der Waals surface area contributed by atoms with Crippen molar-refractivity contribution in [3.05, 3.63) is 60.1 Å². The van der Waals surface area contributed by atoms with Crippen LogP contribution in [0.15, 0.2) is 48.4 Å². The van der Waals surface area contributed by atoms with Crippen LogP contribution in [0.25, 0.3) is 5.70 Å². The molecule has 4 heterocycles. The van der Waals surface area contributed by atoms with Crippen LogP contribution in [0.4, 0.5) is 5.82 Å². The molecule has 2 aromatic heterocycles. The van der Waals surface area contributed by atoms with Gasteiger partial charge in [-0.1, -0.05) is 17.8 Å². The number of aromatic nitrogens is 2. The van der Waals surface area contributed by atoms with Crippen molar-refractivity contribution < 1.29 is 9.94 Å². The summed E-state index contributed by atoms with van der Waals surface area (Å²) in [6.07, 6.45) is 5.71. The Morgan fingerprint density at radius 1 is 1.26 bits per heavy atom. The third-order valence-electron chi connectivity index (χ3n) is 6.47. The molecular weight excluding hydrogens is 390 g/mol. The SMILES string of the molecule is C=C(c1ccc(C2=NOC(C)(C)[C@@]2(C)O)cn1)N(c1ncccc1C)[C@@H]1CCCNC1. The molecule has 0 spiro atoms. The lowest BCUT2D eigenvalue weighted by Gasteiger charge is -2.37. The Bertz CT molecular complexity index is 991. The zero-order chi connectivity index (χ0) is 22.2. The van der Waals surface area contributed by atoms with E-state index in [1.807, 2.05) is 38.2 Å².